The molecular formula is C22H22FN5O2. The highest BCUT2D eigenvalue weighted by Gasteiger charge is 2.46. The zero-order chi connectivity index (χ0) is 20.6. The first-order valence-corrected chi connectivity index (χ1v) is 10.3. The number of pyridine rings is 2. The molecule has 0 spiro atoms. The lowest BCUT2D eigenvalue weighted by Crippen LogP contribution is -2.49. The smallest absolute Gasteiger partial charge is 0.272 e. The van der Waals surface area contributed by atoms with Crippen molar-refractivity contribution in [1.29, 1.82) is 0 Å². The third-order valence-electron chi connectivity index (χ3n) is 6.01. The molecule has 4 heterocycles. The fraction of sp³-hybridized carbons (Fsp3) is 0.409. The minimum atomic E-state index is -0.455. The van der Waals surface area contributed by atoms with Crippen LogP contribution in [-0.2, 0) is 5.41 Å². The molecule has 1 amide bonds. The molecule has 3 aromatic heterocycles. The van der Waals surface area contributed by atoms with E-state index in [2.05, 4.69) is 15.1 Å². The van der Waals surface area contributed by atoms with E-state index < -0.39 is 5.82 Å². The second kappa shape index (κ2) is 7.59. The molecule has 1 unspecified atom stereocenters. The molecule has 2 aliphatic rings. The van der Waals surface area contributed by atoms with Crippen molar-refractivity contribution in [3.8, 4) is 11.5 Å². The number of carbonyl (C=O) groups is 1. The summed E-state index contributed by atoms with van der Waals surface area (Å²) >= 11 is 0. The predicted octanol–water partition coefficient (Wildman–Crippen LogP) is 3.64. The number of carbonyl (C=O) groups excluding carboxylic acids is 1. The molecule has 8 heteroatoms. The quantitative estimate of drug-likeness (QED) is 0.642. The Kier molecular flexibility index (Phi) is 4.77. The summed E-state index contributed by atoms with van der Waals surface area (Å²) in [5.41, 5.74) is 0.734. The first-order valence-electron chi connectivity index (χ1n) is 10.3. The van der Waals surface area contributed by atoms with Gasteiger partial charge in [0.15, 0.2) is 5.82 Å². The van der Waals surface area contributed by atoms with E-state index in [1.54, 1.807) is 17.3 Å². The van der Waals surface area contributed by atoms with E-state index in [4.69, 9.17) is 9.51 Å². The lowest BCUT2D eigenvalue weighted by Gasteiger charge is -2.41. The summed E-state index contributed by atoms with van der Waals surface area (Å²) in [5, 5.41) is 4.34. The van der Waals surface area contributed by atoms with Crippen molar-refractivity contribution in [3.05, 3.63) is 60.2 Å². The summed E-state index contributed by atoms with van der Waals surface area (Å²) in [5.74, 6) is 1.11. The van der Waals surface area contributed by atoms with E-state index in [9.17, 15) is 9.18 Å². The molecule has 3 aromatic rings. The third kappa shape index (κ3) is 3.69. The molecule has 1 aliphatic carbocycles. The summed E-state index contributed by atoms with van der Waals surface area (Å²) in [6.07, 6.45) is 9.54. The van der Waals surface area contributed by atoms with Gasteiger partial charge in [0, 0.05) is 31.0 Å². The van der Waals surface area contributed by atoms with E-state index >= 15 is 0 Å². The minimum absolute atomic E-state index is 0.187. The first-order chi connectivity index (χ1) is 14.6. The highest BCUT2D eigenvalue weighted by molar-refractivity contribution is 5.92. The molecule has 0 aromatic carbocycles. The Morgan fingerprint density at radius 3 is 2.80 bits per heavy atom. The maximum Gasteiger partial charge on any atom is 0.272 e. The van der Waals surface area contributed by atoms with Crippen molar-refractivity contribution >= 4 is 5.91 Å². The van der Waals surface area contributed by atoms with Gasteiger partial charge in [-0.25, -0.2) is 9.37 Å². The van der Waals surface area contributed by atoms with E-state index in [1.807, 2.05) is 12.1 Å². The van der Waals surface area contributed by atoms with Crippen LogP contribution in [0.4, 0.5) is 4.39 Å². The van der Waals surface area contributed by atoms with Crippen LogP contribution < -0.4 is 0 Å². The minimum Gasteiger partial charge on any atom is -0.336 e. The zero-order valence-electron chi connectivity index (χ0n) is 16.5. The van der Waals surface area contributed by atoms with Crippen molar-refractivity contribution in [3.63, 3.8) is 0 Å². The van der Waals surface area contributed by atoms with Crippen LogP contribution in [0.15, 0.2) is 47.4 Å². The number of likely N-dealkylation sites (tertiary alicyclic amines) is 1. The fourth-order valence-electron chi connectivity index (χ4n) is 4.34. The third-order valence-corrected chi connectivity index (χ3v) is 6.01. The van der Waals surface area contributed by atoms with E-state index in [1.165, 1.54) is 25.0 Å². The van der Waals surface area contributed by atoms with Gasteiger partial charge in [0.2, 0.25) is 0 Å². The van der Waals surface area contributed by atoms with E-state index in [0.29, 0.717) is 30.7 Å². The van der Waals surface area contributed by atoms with Gasteiger partial charge in [0.25, 0.3) is 11.8 Å². The molecule has 30 heavy (non-hydrogen) atoms. The number of hydrogen-bond acceptors (Lipinski definition) is 6. The monoisotopic (exact) mass is 407 g/mol. The molecule has 0 bridgehead atoms. The van der Waals surface area contributed by atoms with Gasteiger partial charge in [-0.15, -0.1) is 0 Å². The Labute approximate surface area is 173 Å². The van der Waals surface area contributed by atoms with E-state index in [-0.39, 0.29) is 17.0 Å². The summed E-state index contributed by atoms with van der Waals surface area (Å²) in [4.78, 5) is 27.6. The van der Waals surface area contributed by atoms with Gasteiger partial charge >= 0.3 is 0 Å². The highest BCUT2D eigenvalue weighted by Crippen LogP contribution is 2.46. The summed E-state index contributed by atoms with van der Waals surface area (Å²) in [6.45, 7) is 1.15. The average Bonchev–Trinajstić information content (AvgIpc) is 3.44. The Hall–Kier alpha value is -3.16. The maximum absolute atomic E-state index is 13.2. The molecule has 1 aliphatic heterocycles. The Morgan fingerprint density at radius 2 is 2.07 bits per heavy atom. The number of nitrogens with zero attached hydrogens (tertiary/aromatic N) is 5. The van der Waals surface area contributed by atoms with Crippen molar-refractivity contribution < 1.29 is 13.7 Å². The van der Waals surface area contributed by atoms with Crippen LogP contribution in [-0.4, -0.2) is 44.0 Å². The second-order valence-electron chi connectivity index (χ2n) is 8.28. The molecule has 2 fully saturated rings. The van der Waals surface area contributed by atoms with Crippen LogP contribution in [0.25, 0.3) is 11.5 Å². The van der Waals surface area contributed by atoms with Crippen molar-refractivity contribution in [2.45, 2.75) is 37.5 Å². The van der Waals surface area contributed by atoms with Crippen LogP contribution in [0, 0.1) is 11.7 Å². The number of halogens is 1. The number of amides is 1. The van der Waals surface area contributed by atoms with Gasteiger partial charge in [-0.3, -0.25) is 9.78 Å². The standard InChI is InChI=1S/C22H22FN5O2/c23-17-4-5-18(25-13-17)20(29)28-11-1-8-22(14-28,12-15-2-3-15)21-26-19(30-27-21)16-6-9-24-10-7-16/h4-7,9-10,13,15H,1-3,8,11-12,14H2. The van der Waals surface area contributed by atoms with Gasteiger partial charge in [0.1, 0.15) is 11.5 Å². The average molecular weight is 407 g/mol. The second-order valence-corrected chi connectivity index (χ2v) is 8.28. The van der Waals surface area contributed by atoms with Gasteiger partial charge in [-0.05, 0) is 49.4 Å². The normalized spacial score (nSPS) is 21.6. The van der Waals surface area contributed by atoms with Gasteiger partial charge in [-0.2, -0.15) is 4.98 Å². The van der Waals surface area contributed by atoms with Crippen LogP contribution in [0.3, 0.4) is 0 Å². The molecule has 1 atom stereocenters. The van der Waals surface area contributed by atoms with Crippen LogP contribution in [0.5, 0.6) is 0 Å². The molecule has 0 N–H and O–H groups in total. The maximum atomic E-state index is 13.2. The lowest BCUT2D eigenvalue weighted by molar-refractivity contribution is 0.0601. The van der Waals surface area contributed by atoms with Crippen molar-refractivity contribution in [1.82, 2.24) is 25.0 Å². The topological polar surface area (TPSA) is 85.0 Å². The number of piperidine rings is 1. The van der Waals surface area contributed by atoms with Gasteiger partial charge in [-0.1, -0.05) is 18.0 Å². The lowest BCUT2D eigenvalue weighted by atomic mass is 9.74. The highest BCUT2D eigenvalue weighted by atomic mass is 19.1. The largest absolute Gasteiger partial charge is 0.336 e. The summed E-state index contributed by atoms with van der Waals surface area (Å²) < 4.78 is 18.8. The Morgan fingerprint density at radius 1 is 1.23 bits per heavy atom. The molecule has 154 valence electrons. The van der Waals surface area contributed by atoms with Crippen molar-refractivity contribution in [2.75, 3.05) is 13.1 Å². The van der Waals surface area contributed by atoms with Crippen LogP contribution >= 0.6 is 0 Å². The van der Waals surface area contributed by atoms with Gasteiger partial charge in [0.05, 0.1) is 11.6 Å². The van der Waals surface area contributed by atoms with Gasteiger partial charge < -0.3 is 9.42 Å². The van der Waals surface area contributed by atoms with E-state index in [0.717, 1.165) is 31.0 Å². The summed E-state index contributed by atoms with van der Waals surface area (Å²) in [6, 6.07) is 6.37. The van der Waals surface area contributed by atoms with Crippen LogP contribution in [0.1, 0.15) is 48.4 Å². The molecule has 1 saturated carbocycles. The first kappa shape index (κ1) is 18.8. The van der Waals surface area contributed by atoms with Crippen molar-refractivity contribution in [2.24, 2.45) is 5.92 Å². The Balaban J connectivity index is 1.44. The molecule has 7 nitrogen and oxygen atoms in total. The zero-order valence-corrected chi connectivity index (χ0v) is 16.5. The molecule has 1 saturated heterocycles. The predicted molar refractivity (Wildman–Crippen MR) is 106 cm³/mol. The summed E-state index contributed by atoms with van der Waals surface area (Å²) in [7, 11) is 0. The molecular weight excluding hydrogens is 385 g/mol. The molecule has 5 rings (SSSR count). The number of aromatic nitrogens is 4. The fourth-order valence-corrected chi connectivity index (χ4v) is 4.34. The number of hydrogen-bond donors (Lipinski definition) is 0. The number of rotatable bonds is 5. The van der Waals surface area contributed by atoms with Crippen LogP contribution in [0.2, 0.25) is 0 Å². The SMILES string of the molecule is O=C(c1ccc(F)cn1)N1CCCC(CC2CC2)(c2noc(-c3ccncc3)n2)C1. The molecule has 0 radical (unpaired) electrons. The Bertz CT molecular complexity index is 1040.